The minimum Gasteiger partial charge on any atom is -0.494 e. The van der Waals surface area contributed by atoms with E-state index in [9.17, 15) is 9.18 Å². The Balaban J connectivity index is 1.27. The van der Waals surface area contributed by atoms with Crippen LogP contribution in [0.15, 0.2) is 59.0 Å². The van der Waals surface area contributed by atoms with Crippen LogP contribution in [0.4, 0.5) is 4.39 Å². The van der Waals surface area contributed by atoms with Gasteiger partial charge in [0.1, 0.15) is 29.7 Å². The summed E-state index contributed by atoms with van der Waals surface area (Å²) < 4.78 is 30.9. The van der Waals surface area contributed by atoms with E-state index in [1.54, 1.807) is 29.2 Å². The third-order valence-corrected chi connectivity index (χ3v) is 5.85. The van der Waals surface area contributed by atoms with Gasteiger partial charge in [0.05, 0.1) is 6.61 Å². The van der Waals surface area contributed by atoms with Crippen molar-refractivity contribution in [2.75, 3.05) is 32.8 Å². The van der Waals surface area contributed by atoms with Gasteiger partial charge in [-0.2, -0.15) is 0 Å². The molecule has 1 aromatic heterocycles. The average Bonchev–Trinajstić information content (AvgIpc) is 3.30. The van der Waals surface area contributed by atoms with Gasteiger partial charge >= 0.3 is 0 Å². The predicted molar refractivity (Wildman–Crippen MR) is 123 cm³/mol. The Morgan fingerprint density at radius 1 is 1.00 bits per heavy atom. The molecule has 1 fully saturated rings. The summed E-state index contributed by atoms with van der Waals surface area (Å²) in [4.78, 5) is 16.7. The fraction of sp³-hybridized carbons (Fsp3) is 0.320. The molecule has 2 heterocycles. The average molecular weight is 473 g/mol. The number of benzene rings is 2. The lowest BCUT2D eigenvalue weighted by Gasteiger charge is -2.34. The van der Waals surface area contributed by atoms with E-state index in [0.29, 0.717) is 61.4 Å². The van der Waals surface area contributed by atoms with Crippen LogP contribution in [0.3, 0.4) is 0 Å². The number of piperazine rings is 1. The van der Waals surface area contributed by atoms with Gasteiger partial charge in [-0.25, -0.2) is 4.39 Å². The second-order valence-electron chi connectivity index (χ2n) is 7.73. The zero-order chi connectivity index (χ0) is 23.2. The van der Waals surface area contributed by atoms with Crippen LogP contribution in [0.1, 0.15) is 28.8 Å². The molecule has 6 nitrogen and oxygen atoms in total. The predicted octanol–water partition coefficient (Wildman–Crippen LogP) is 5.01. The highest BCUT2D eigenvalue weighted by Crippen LogP contribution is 2.22. The highest BCUT2D eigenvalue weighted by atomic mass is 35.5. The first-order chi connectivity index (χ1) is 16.0. The number of ether oxygens (including phenoxy) is 2. The second kappa shape index (κ2) is 10.7. The van der Waals surface area contributed by atoms with E-state index in [2.05, 4.69) is 4.90 Å². The largest absolute Gasteiger partial charge is 0.494 e. The molecule has 4 rings (SSSR count). The first-order valence-electron chi connectivity index (χ1n) is 10.9. The van der Waals surface area contributed by atoms with Crippen LogP contribution in [0.25, 0.3) is 0 Å². The molecule has 174 valence electrons. The summed E-state index contributed by atoms with van der Waals surface area (Å²) in [6.07, 6.45) is 0. The molecule has 0 saturated carbocycles. The molecule has 1 aliphatic rings. The van der Waals surface area contributed by atoms with Gasteiger partial charge in [0.2, 0.25) is 0 Å². The van der Waals surface area contributed by atoms with Crippen LogP contribution < -0.4 is 9.47 Å². The SMILES string of the molecule is CCOc1ccc(OCc2ccc(C(=O)N3CCN(Cc4c(F)cccc4Cl)CC3)o2)cc1. The Kier molecular flexibility index (Phi) is 7.52. The van der Waals surface area contributed by atoms with Crippen molar-refractivity contribution < 1.29 is 23.1 Å². The molecule has 8 heteroatoms. The molecule has 3 aromatic rings. The van der Waals surface area contributed by atoms with Gasteiger partial charge in [-0.15, -0.1) is 0 Å². The Morgan fingerprint density at radius 3 is 2.36 bits per heavy atom. The molecule has 0 spiro atoms. The zero-order valence-electron chi connectivity index (χ0n) is 18.4. The Morgan fingerprint density at radius 2 is 1.70 bits per heavy atom. The van der Waals surface area contributed by atoms with Crippen molar-refractivity contribution >= 4 is 17.5 Å². The van der Waals surface area contributed by atoms with Crippen molar-refractivity contribution in [3.8, 4) is 11.5 Å². The van der Waals surface area contributed by atoms with Crippen molar-refractivity contribution in [3.63, 3.8) is 0 Å². The molecule has 33 heavy (non-hydrogen) atoms. The number of hydrogen-bond donors (Lipinski definition) is 0. The van der Waals surface area contributed by atoms with Crippen molar-refractivity contribution in [2.24, 2.45) is 0 Å². The standard InChI is InChI=1S/C25H26ClFN2O4/c1-2-31-18-6-8-19(9-7-18)32-17-20-10-11-24(33-20)25(30)29-14-12-28(13-15-29)16-21-22(26)4-3-5-23(21)27/h3-11H,2,12-17H2,1H3. The Labute approximate surface area is 197 Å². The van der Waals surface area contributed by atoms with E-state index in [4.69, 9.17) is 25.5 Å². The maximum absolute atomic E-state index is 14.1. The molecule has 0 atom stereocenters. The van der Waals surface area contributed by atoms with E-state index in [1.807, 2.05) is 31.2 Å². The molecule has 1 amide bonds. The van der Waals surface area contributed by atoms with Crippen LogP contribution in [-0.4, -0.2) is 48.5 Å². The van der Waals surface area contributed by atoms with Crippen LogP contribution in [-0.2, 0) is 13.2 Å². The second-order valence-corrected chi connectivity index (χ2v) is 8.13. The molecule has 0 aliphatic carbocycles. The molecular weight excluding hydrogens is 447 g/mol. The van der Waals surface area contributed by atoms with Crippen molar-refractivity contribution in [3.05, 3.63) is 82.5 Å². The number of carbonyl (C=O) groups excluding carboxylic acids is 1. The van der Waals surface area contributed by atoms with Gasteiger partial charge in [0.25, 0.3) is 5.91 Å². The first-order valence-corrected chi connectivity index (χ1v) is 11.3. The lowest BCUT2D eigenvalue weighted by Crippen LogP contribution is -2.48. The van der Waals surface area contributed by atoms with Crippen LogP contribution in [0, 0.1) is 5.82 Å². The van der Waals surface area contributed by atoms with Crippen molar-refractivity contribution in [1.82, 2.24) is 9.80 Å². The molecule has 1 aliphatic heterocycles. The van der Waals surface area contributed by atoms with Crippen molar-refractivity contribution in [1.29, 1.82) is 0 Å². The molecule has 0 bridgehead atoms. The monoisotopic (exact) mass is 472 g/mol. The normalized spacial score (nSPS) is 14.3. The van der Waals surface area contributed by atoms with Gasteiger partial charge < -0.3 is 18.8 Å². The summed E-state index contributed by atoms with van der Waals surface area (Å²) in [5, 5.41) is 0.420. The maximum Gasteiger partial charge on any atom is 0.289 e. The molecule has 0 radical (unpaired) electrons. The minimum absolute atomic E-state index is 0.161. The molecule has 2 aromatic carbocycles. The summed E-state index contributed by atoms with van der Waals surface area (Å²) in [6, 6.07) is 15.5. The van der Waals surface area contributed by atoms with E-state index in [0.717, 1.165) is 5.75 Å². The number of halogens is 2. The molecule has 1 saturated heterocycles. The van der Waals surface area contributed by atoms with Gasteiger partial charge in [0, 0.05) is 43.3 Å². The maximum atomic E-state index is 14.1. The van der Waals surface area contributed by atoms with E-state index in [-0.39, 0.29) is 24.1 Å². The zero-order valence-corrected chi connectivity index (χ0v) is 19.2. The third-order valence-electron chi connectivity index (χ3n) is 5.49. The number of rotatable bonds is 8. The summed E-state index contributed by atoms with van der Waals surface area (Å²) >= 11 is 6.14. The van der Waals surface area contributed by atoms with E-state index in [1.165, 1.54) is 6.07 Å². The fourth-order valence-electron chi connectivity index (χ4n) is 3.70. The number of nitrogens with zero attached hydrogens (tertiary/aromatic N) is 2. The number of carbonyl (C=O) groups is 1. The Hall–Kier alpha value is -3.03. The summed E-state index contributed by atoms with van der Waals surface area (Å²) in [5.74, 6) is 1.86. The summed E-state index contributed by atoms with van der Waals surface area (Å²) in [5.41, 5.74) is 0.488. The smallest absolute Gasteiger partial charge is 0.289 e. The van der Waals surface area contributed by atoms with Crippen LogP contribution in [0.5, 0.6) is 11.5 Å². The van der Waals surface area contributed by atoms with E-state index < -0.39 is 0 Å². The van der Waals surface area contributed by atoms with Crippen LogP contribution >= 0.6 is 11.6 Å². The summed E-state index contributed by atoms with van der Waals surface area (Å²) in [7, 11) is 0. The first kappa shape index (κ1) is 23.1. The number of hydrogen-bond acceptors (Lipinski definition) is 5. The topological polar surface area (TPSA) is 55.2 Å². The molecule has 0 unspecified atom stereocenters. The van der Waals surface area contributed by atoms with Gasteiger partial charge in [-0.05, 0) is 55.5 Å². The summed E-state index contributed by atoms with van der Waals surface area (Å²) in [6.45, 7) is 5.50. The van der Waals surface area contributed by atoms with Crippen molar-refractivity contribution in [2.45, 2.75) is 20.1 Å². The molecule has 0 N–H and O–H groups in total. The number of amides is 1. The fourth-order valence-corrected chi connectivity index (χ4v) is 3.92. The number of furan rings is 1. The third kappa shape index (κ3) is 5.86. The lowest BCUT2D eigenvalue weighted by molar-refractivity contribution is 0.0592. The lowest BCUT2D eigenvalue weighted by atomic mass is 10.2. The van der Waals surface area contributed by atoms with Gasteiger partial charge in [0.15, 0.2) is 5.76 Å². The Bertz CT molecular complexity index is 1060. The minimum atomic E-state index is -0.309. The highest BCUT2D eigenvalue weighted by molar-refractivity contribution is 6.31. The van der Waals surface area contributed by atoms with Gasteiger partial charge in [-0.1, -0.05) is 17.7 Å². The molecular formula is C25H26ClFN2O4. The van der Waals surface area contributed by atoms with Gasteiger partial charge in [-0.3, -0.25) is 9.69 Å². The van der Waals surface area contributed by atoms with E-state index >= 15 is 0 Å². The highest BCUT2D eigenvalue weighted by Gasteiger charge is 2.25. The quantitative estimate of drug-likeness (QED) is 0.461. The van der Waals surface area contributed by atoms with Crippen LogP contribution in [0.2, 0.25) is 5.02 Å².